The lowest BCUT2D eigenvalue weighted by atomic mass is 10.2. The van der Waals surface area contributed by atoms with E-state index in [1.165, 1.54) is 11.8 Å². The number of carbonyl (C=O) groups is 1. The molecule has 0 fully saturated rings. The van der Waals surface area contributed by atoms with Gasteiger partial charge in [-0.1, -0.05) is 25.1 Å². The molecule has 1 N–H and O–H groups in total. The summed E-state index contributed by atoms with van der Waals surface area (Å²) in [5.41, 5.74) is 1.86. The second kappa shape index (κ2) is 6.85. The van der Waals surface area contributed by atoms with Gasteiger partial charge in [-0.3, -0.25) is 4.79 Å². The summed E-state index contributed by atoms with van der Waals surface area (Å²) in [5.74, 6) is -0.0410. The van der Waals surface area contributed by atoms with Gasteiger partial charge in [0.25, 0.3) is 0 Å². The second-order valence-electron chi connectivity index (χ2n) is 4.94. The Morgan fingerprint density at radius 3 is 2.90 bits per heavy atom. The number of ether oxygens (including phenoxy) is 1. The molecule has 1 aromatic carbocycles. The van der Waals surface area contributed by atoms with Crippen molar-refractivity contribution in [3.63, 3.8) is 0 Å². The number of imidazole rings is 1. The normalized spacial score (nSPS) is 12.5. The molecule has 1 heterocycles. The zero-order valence-corrected chi connectivity index (χ0v) is 13.3. The molecule has 0 radical (unpaired) electrons. The van der Waals surface area contributed by atoms with E-state index in [1.54, 1.807) is 7.11 Å². The maximum absolute atomic E-state index is 10.8. The van der Waals surface area contributed by atoms with Crippen LogP contribution < -0.4 is 4.74 Å². The standard InChI is InChI=1S/C15H20N2O3S/c1-4-5-10(2)17-13-8-11(20-3)6-7-12(13)16-15(17)21-9-14(18)19/h6-8,10H,4-5,9H2,1-3H3,(H,18,19). The van der Waals surface area contributed by atoms with E-state index >= 15 is 0 Å². The Hall–Kier alpha value is -1.69. The Labute approximate surface area is 128 Å². The maximum atomic E-state index is 10.8. The average Bonchev–Trinajstić information content (AvgIpc) is 2.82. The molecule has 6 heteroatoms. The lowest BCUT2D eigenvalue weighted by Crippen LogP contribution is -2.08. The van der Waals surface area contributed by atoms with Crippen LogP contribution in [0.2, 0.25) is 0 Å². The highest BCUT2D eigenvalue weighted by atomic mass is 32.2. The van der Waals surface area contributed by atoms with Crippen LogP contribution in [-0.2, 0) is 4.79 Å². The summed E-state index contributed by atoms with van der Waals surface area (Å²) in [4.78, 5) is 15.4. The van der Waals surface area contributed by atoms with Crippen molar-refractivity contribution in [1.82, 2.24) is 9.55 Å². The quantitative estimate of drug-likeness (QED) is 0.792. The Morgan fingerprint density at radius 2 is 2.29 bits per heavy atom. The monoisotopic (exact) mass is 308 g/mol. The molecule has 0 spiro atoms. The Morgan fingerprint density at radius 1 is 1.52 bits per heavy atom. The van der Waals surface area contributed by atoms with Crippen LogP contribution >= 0.6 is 11.8 Å². The third kappa shape index (κ3) is 3.50. The maximum Gasteiger partial charge on any atom is 0.313 e. The number of hydrogen-bond acceptors (Lipinski definition) is 4. The van der Waals surface area contributed by atoms with Gasteiger partial charge in [-0.2, -0.15) is 0 Å². The minimum Gasteiger partial charge on any atom is -0.497 e. The first-order chi connectivity index (χ1) is 10.1. The fourth-order valence-corrected chi connectivity index (χ4v) is 3.21. The molecule has 2 aromatic rings. The zero-order valence-electron chi connectivity index (χ0n) is 12.5. The van der Waals surface area contributed by atoms with Gasteiger partial charge in [-0.15, -0.1) is 0 Å². The summed E-state index contributed by atoms with van der Waals surface area (Å²) in [5, 5.41) is 9.64. The van der Waals surface area contributed by atoms with Gasteiger partial charge in [-0.25, -0.2) is 4.98 Å². The topological polar surface area (TPSA) is 64.4 Å². The summed E-state index contributed by atoms with van der Waals surface area (Å²) in [6, 6.07) is 6.01. The molecular formula is C15H20N2O3S. The van der Waals surface area contributed by atoms with Crippen LogP contribution in [0.1, 0.15) is 32.7 Å². The molecule has 114 valence electrons. The van der Waals surface area contributed by atoms with Gasteiger partial charge in [0.15, 0.2) is 5.16 Å². The number of carboxylic acid groups (broad SMARTS) is 1. The highest BCUT2D eigenvalue weighted by Gasteiger charge is 2.17. The predicted molar refractivity (Wildman–Crippen MR) is 84.3 cm³/mol. The molecule has 1 aromatic heterocycles. The van der Waals surface area contributed by atoms with Crippen molar-refractivity contribution in [3.05, 3.63) is 18.2 Å². The van der Waals surface area contributed by atoms with Gasteiger partial charge in [0.1, 0.15) is 5.75 Å². The highest BCUT2D eigenvalue weighted by Crippen LogP contribution is 2.31. The molecule has 5 nitrogen and oxygen atoms in total. The van der Waals surface area contributed by atoms with Gasteiger partial charge >= 0.3 is 5.97 Å². The SMILES string of the molecule is CCCC(C)n1c(SCC(=O)O)nc2ccc(OC)cc21. The summed E-state index contributed by atoms with van der Waals surface area (Å²) < 4.78 is 7.40. The van der Waals surface area contributed by atoms with Gasteiger partial charge in [0.2, 0.25) is 0 Å². The fourth-order valence-electron chi connectivity index (χ4n) is 2.38. The molecule has 21 heavy (non-hydrogen) atoms. The van der Waals surface area contributed by atoms with Gasteiger partial charge in [-0.05, 0) is 25.5 Å². The smallest absolute Gasteiger partial charge is 0.313 e. The summed E-state index contributed by atoms with van der Waals surface area (Å²) in [6.45, 7) is 4.27. The van der Waals surface area contributed by atoms with Crippen molar-refractivity contribution >= 4 is 28.8 Å². The number of hydrogen-bond donors (Lipinski definition) is 1. The van der Waals surface area contributed by atoms with Crippen molar-refractivity contribution in [2.75, 3.05) is 12.9 Å². The number of benzene rings is 1. The lowest BCUT2D eigenvalue weighted by molar-refractivity contribution is -0.133. The molecule has 1 unspecified atom stereocenters. The average molecular weight is 308 g/mol. The van der Waals surface area contributed by atoms with Gasteiger partial charge in [0, 0.05) is 12.1 Å². The van der Waals surface area contributed by atoms with E-state index < -0.39 is 5.97 Å². The predicted octanol–water partition coefficient (Wildman–Crippen LogP) is 3.58. The number of methoxy groups -OCH3 is 1. The number of aliphatic carboxylic acids is 1. The molecule has 0 aliphatic heterocycles. The van der Waals surface area contributed by atoms with Crippen LogP contribution in [0.4, 0.5) is 0 Å². The number of nitrogens with zero attached hydrogens (tertiary/aromatic N) is 2. The van der Waals surface area contributed by atoms with Crippen LogP contribution in [0.3, 0.4) is 0 Å². The van der Waals surface area contributed by atoms with Gasteiger partial charge in [0.05, 0.1) is 23.9 Å². The molecule has 0 aliphatic carbocycles. The molecule has 0 saturated heterocycles. The van der Waals surface area contributed by atoms with Gasteiger partial charge < -0.3 is 14.4 Å². The van der Waals surface area contributed by atoms with E-state index in [0.717, 1.165) is 34.8 Å². The first-order valence-electron chi connectivity index (χ1n) is 6.97. The van der Waals surface area contributed by atoms with Crippen LogP contribution in [0.15, 0.2) is 23.4 Å². The third-order valence-corrected chi connectivity index (χ3v) is 4.27. The van der Waals surface area contributed by atoms with E-state index in [-0.39, 0.29) is 11.8 Å². The van der Waals surface area contributed by atoms with E-state index in [2.05, 4.69) is 23.4 Å². The largest absolute Gasteiger partial charge is 0.497 e. The second-order valence-corrected chi connectivity index (χ2v) is 5.88. The Bertz CT molecular complexity index is 639. The number of rotatable bonds is 7. The number of fused-ring (bicyclic) bond motifs is 1. The molecule has 0 bridgehead atoms. The van der Waals surface area contributed by atoms with Crippen LogP contribution in [0.5, 0.6) is 5.75 Å². The summed E-state index contributed by atoms with van der Waals surface area (Å²) >= 11 is 1.26. The summed E-state index contributed by atoms with van der Waals surface area (Å²) in [6.07, 6.45) is 2.08. The first-order valence-corrected chi connectivity index (χ1v) is 7.96. The minimum absolute atomic E-state index is 0.0132. The molecule has 0 amide bonds. The van der Waals surface area contributed by atoms with Crippen LogP contribution in [-0.4, -0.2) is 33.5 Å². The molecule has 1 atom stereocenters. The van der Waals surface area contributed by atoms with E-state index in [4.69, 9.17) is 9.84 Å². The number of thioether (sulfide) groups is 1. The van der Waals surface area contributed by atoms with Crippen molar-refractivity contribution in [2.24, 2.45) is 0 Å². The fraction of sp³-hybridized carbons (Fsp3) is 0.467. The van der Waals surface area contributed by atoms with E-state index in [9.17, 15) is 4.79 Å². The molecule has 2 rings (SSSR count). The highest BCUT2D eigenvalue weighted by molar-refractivity contribution is 7.99. The van der Waals surface area contributed by atoms with Crippen molar-refractivity contribution < 1.29 is 14.6 Å². The van der Waals surface area contributed by atoms with Crippen LogP contribution in [0, 0.1) is 0 Å². The van der Waals surface area contributed by atoms with Crippen LogP contribution in [0.25, 0.3) is 11.0 Å². The lowest BCUT2D eigenvalue weighted by Gasteiger charge is -2.16. The van der Waals surface area contributed by atoms with E-state index in [1.807, 2.05) is 18.2 Å². The van der Waals surface area contributed by atoms with E-state index in [0.29, 0.717) is 0 Å². The number of aromatic nitrogens is 2. The molecule has 0 saturated carbocycles. The molecular weight excluding hydrogens is 288 g/mol. The van der Waals surface area contributed by atoms with Crippen molar-refractivity contribution in [3.8, 4) is 5.75 Å². The van der Waals surface area contributed by atoms with Crippen molar-refractivity contribution in [2.45, 2.75) is 37.9 Å². The van der Waals surface area contributed by atoms with Crippen molar-refractivity contribution in [1.29, 1.82) is 0 Å². The first kappa shape index (κ1) is 15.7. The number of carboxylic acids is 1. The Kier molecular flexibility index (Phi) is 5.12. The molecule has 0 aliphatic rings. The minimum atomic E-state index is -0.834. The zero-order chi connectivity index (χ0) is 15.4. The summed E-state index contributed by atoms with van der Waals surface area (Å²) in [7, 11) is 1.64. The third-order valence-electron chi connectivity index (χ3n) is 3.34. The Balaban J connectivity index is 2.49.